The molecule has 12 heavy (non-hydrogen) atoms. The number of nitrogens with zero attached hydrogens (tertiary/aromatic N) is 1. The summed E-state index contributed by atoms with van der Waals surface area (Å²) < 4.78 is 10.7. The lowest BCUT2D eigenvalue weighted by Crippen LogP contribution is -2.27. The van der Waals surface area contributed by atoms with Crippen molar-refractivity contribution in [3.8, 4) is 0 Å². The summed E-state index contributed by atoms with van der Waals surface area (Å²) in [6, 6.07) is 0.372. The first-order valence-electron chi connectivity index (χ1n) is 4.46. The molecule has 2 N–H and O–H groups in total. The number of likely N-dealkylation sites (tertiary alicyclic amines) is 1. The maximum atomic E-state index is 10.7. The zero-order valence-electron chi connectivity index (χ0n) is 7.66. The van der Waals surface area contributed by atoms with Gasteiger partial charge in [-0.15, -0.1) is 0 Å². The van der Waals surface area contributed by atoms with Gasteiger partial charge in [-0.25, -0.2) is 0 Å². The molecule has 1 saturated heterocycles. The monoisotopic (exact) mass is 190 g/mol. The topological polar surface area (TPSA) is 46.3 Å². The van der Waals surface area contributed by atoms with Crippen molar-refractivity contribution in [1.29, 1.82) is 0 Å². The molecule has 2 atom stereocenters. The van der Waals surface area contributed by atoms with E-state index >= 15 is 0 Å². The number of hydrogen-bond donors (Lipinski definition) is 1. The van der Waals surface area contributed by atoms with Crippen molar-refractivity contribution in [2.45, 2.75) is 18.9 Å². The van der Waals surface area contributed by atoms with Gasteiger partial charge >= 0.3 is 0 Å². The van der Waals surface area contributed by atoms with E-state index < -0.39 is 10.8 Å². The van der Waals surface area contributed by atoms with Gasteiger partial charge in [0, 0.05) is 35.4 Å². The molecular formula is C8H18N2OS. The molecule has 0 aliphatic carbocycles. The van der Waals surface area contributed by atoms with Crippen LogP contribution >= 0.6 is 0 Å². The molecule has 0 radical (unpaired) electrons. The SMILES string of the molecule is CS(=O)CCCN1CCC(N)C1. The molecule has 3 nitrogen and oxygen atoms in total. The molecular weight excluding hydrogens is 172 g/mol. The minimum absolute atomic E-state index is 0.372. The standard InChI is InChI=1S/C8H18N2OS/c1-12(11)6-2-4-10-5-3-8(9)7-10/h8H,2-7,9H2,1H3. The Labute approximate surface area is 76.8 Å². The predicted molar refractivity (Wildman–Crippen MR) is 52.6 cm³/mol. The average Bonchev–Trinajstić information content (AvgIpc) is 2.35. The lowest BCUT2D eigenvalue weighted by atomic mass is 10.3. The van der Waals surface area contributed by atoms with Crippen LogP contribution in [0.1, 0.15) is 12.8 Å². The zero-order chi connectivity index (χ0) is 8.97. The van der Waals surface area contributed by atoms with Gasteiger partial charge < -0.3 is 10.6 Å². The summed E-state index contributed by atoms with van der Waals surface area (Å²) in [5.74, 6) is 0.825. The molecule has 2 unspecified atom stereocenters. The first-order chi connectivity index (χ1) is 5.68. The summed E-state index contributed by atoms with van der Waals surface area (Å²) in [7, 11) is -0.632. The fraction of sp³-hybridized carbons (Fsp3) is 1.00. The van der Waals surface area contributed by atoms with Crippen molar-refractivity contribution < 1.29 is 4.21 Å². The van der Waals surface area contributed by atoms with Gasteiger partial charge in [0.15, 0.2) is 0 Å². The molecule has 4 heteroatoms. The van der Waals surface area contributed by atoms with Crippen LogP contribution in [0.5, 0.6) is 0 Å². The van der Waals surface area contributed by atoms with Crippen molar-refractivity contribution in [2.24, 2.45) is 5.73 Å². The number of rotatable bonds is 4. The molecule has 1 aliphatic heterocycles. The van der Waals surface area contributed by atoms with Gasteiger partial charge in [-0.3, -0.25) is 4.21 Å². The van der Waals surface area contributed by atoms with Crippen LogP contribution in [0.4, 0.5) is 0 Å². The molecule has 72 valence electrons. The Morgan fingerprint density at radius 1 is 1.67 bits per heavy atom. The Kier molecular flexibility index (Phi) is 4.18. The fourth-order valence-electron chi connectivity index (χ4n) is 1.56. The van der Waals surface area contributed by atoms with Crippen LogP contribution in [0.15, 0.2) is 0 Å². The third kappa shape index (κ3) is 3.65. The van der Waals surface area contributed by atoms with Gasteiger partial charge in [0.25, 0.3) is 0 Å². The van der Waals surface area contributed by atoms with E-state index in [1.54, 1.807) is 6.26 Å². The Morgan fingerprint density at radius 2 is 2.42 bits per heavy atom. The first-order valence-corrected chi connectivity index (χ1v) is 6.19. The van der Waals surface area contributed by atoms with Crippen molar-refractivity contribution in [3.63, 3.8) is 0 Å². The highest BCUT2D eigenvalue weighted by Gasteiger charge is 2.17. The molecule has 1 rings (SSSR count). The normalized spacial score (nSPS) is 27.7. The van der Waals surface area contributed by atoms with Crippen LogP contribution < -0.4 is 5.73 Å². The van der Waals surface area contributed by atoms with Crippen LogP contribution in [-0.4, -0.2) is 46.8 Å². The lowest BCUT2D eigenvalue weighted by Gasteiger charge is -2.13. The molecule has 1 heterocycles. The van der Waals surface area contributed by atoms with Gasteiger partial charge in [0.05, 0.1) is 0 Å². The van der Waals surface area contributed by atoms with Gasteiger partial charge in [0.2, 0.25) is 0 Å². The van der Waals surface area contributed by atoms with Crippen molar-refractivity contribution >= 4 is 10.8 Å². The zero-order valence-corrected chi connectivity index (χ0v) is 8.48. The molecule has 0 aromatic carbocycles. The van der Waals surface area contributed by atoms with Crippen molar-refractivity contribution in [2.75, 3.05) is 31.6 Å². The maximum absolute atomic E-state index is 10.7. The summed E-state index contributed by atoms with van der Waals surface area (Å²) in [6.07, 6.45) is 3.92. The third-order valence-corrected chi connectivity index (χ3v) is 3.08. The highest BCUT2D eigenvalue weighted by atomic mass is 32.2. The van der Waals surface area contributed by atoms with Crippen LogP contribution in [0, 0.1) is 0 Å². The largest absolute Gasteiger partial charge is 0.326 e. The molecule has 1 fully saturated rings. The van der Waals surface area contributed by atoms with E-state index in [0.717, 1.165) is 38.2 Å². The van der Waals surface area contributed by atoms with Crippen LogP contribution in [-0.2, 0) is 10.8 Å². The second-order valence-electron chi connectivity index (χ2n) is 3.48. The lowest BCUT2D eigenvalue weighted by molar-refractivity contribution is 0.336. The Bertz CT molecular complexity index is 163. The Hall–Kier alpha value is 0.0700. The number of nitrogens with two attached hydrogens (primary N) is 1. The third-order valence-electron chi connectivity index (χ3n) is 2.21. The molecule has 0 spiro atoms. The van der Waals surface area contributed by atoms with E-state index in [9.17, 15) is 4.21 Å². The van der Waals surface area contributed by atoms with E-state index in [2.05, 4.69) is 4.90 Å². The predicted octanol–water partition coefficient (Wildman–Crippen LogP) is -0.212. The van der Waals surface area contributed by atoms with E-state index in [1.807, 2.05) is 0 Å². The first kappa shape index (κ1) is 10.2. The van der Waals surface area contributed by atoms with Crippen LogP contribution in [0.25, 0.3) is 0 Å². The molecule has 0 aromatic heterocycles. The molecule has 1 aliphatic rings. The van der Waals surface area contributed by atoms with Gasteiger partial charge in [0.1, 0.15) is 0 Å². The smallest absolute Gasteiger partial charge is 0.0244 e. The van der Waals surface area contributed by atoms with E-state index in [4.69, 9.17) is 5.73 Å². The van der Waals surface area contributed by atoms with Crippen molar-refractivity contribution in [3.05, 3.63) is 0 Å². The number of hydrogen-bond acceptors (Lipinski definition) is 3. The summed E-state index contributed by atoms with van der Waals surface area (Å²) in [5, 5.41) is 0. The summed E-state index contributed by atoms with van der Waals surface area (Å²) >= 11 is 0. The minimum Gasteiger partial charge on any atom is -0.326 e. The second kappa shape index (κ2) is 4.94. The van der Waals surface area contributed by atoms with Crippen LogP contribution in [0.3, 0.4) is 0 Å². The average molecular weight is 190 g/mol. The van der Waals surface area contributed by atoms with Gasteiger partial charge in [-0.1, -0.05) is 0 Å². The van der Waals surface area contributed by atoms with E-state index in [1.165, 1.54) is 0 Å². The molecule has 0 bridgehead atoms. The highest BCUT2D eigenvalue weighted by molar-refractivity contribution is 7.84. The fourth-order valence-corrected chi connectivity index (χ4v) is 2.09. The Morgan fingerprint density at radius 3 is 2.92 bits per heavy atom. The Balaban J connectivity index is 2.04. The second-order valence-corrected chi connectivity index (χ2v) is 5.03. The summed E-state index contributed by atoms with van der Waals surface area (Å²) in [6.45, 7) is 3.21. The van der Waals surface area contributed by atoms with Gasteiger partial charge in [-0.05, 0) is 25.9 Å². The van der Waals surface area contributed by atoms with Crippen LogP contribution in [0.2, 0.25) is 0 Å². The molecule has 0 aromatic rings. The molecule has 0 amide bonds. The van der Waals surface area contributed by atoms with E-state index in [-0.39, 0.29) is 0 Å². The molecule has 0 saturated carbocycles. The van der Waals surface area contributed by atoms with Gasteiger partial charge in [-0.2, -0.15) is 0 Å². The quantitative estimate of drug-likeness (QED) is 0.667. The summed E-state index contributed by atoms with van der Waals surface area (Å²) in [4.78, 5) is 2.36. The maximum Gasteiger partial charge on any atom is 0.0244 e. The minimum atomic E-state index is -0.632. The van der Waals surface area contributed by atoms with E-state index in [0.29, 0.717) is 6.04 Å². The van der Waals surface area contributed by atoms with Crippen molar-refractivity contribution in [1.82, 2.24) is 4.90 Å². The summed E-state index contributed by atoms with van der Waals surface area (Å²) in [5.41, 5.74) is 5.75. The highest BCUT2D eigenvalue weighted by Crippen LogP contribution is 2.06.